The molecule has 0 radical (unpaired) electrons. The summed E-state index contributed by atoms with van der Waals surface area (Å²) >= 11 is 0. The zero-order valence-corrected chi connectivity index (χ0v) is 11.9. The first-order valence-corrected chi connectivity index (χ1v) is 7.65. The Labute approximate surface area is 118 Å². The highest BCUT2D eigenvalue weighted by atomic mass is 32.2. The molecule has 0 saturated carbocycles. The van der Waals surface area contributed by atoms with E-state index < -0.39 is 10.0 Å². The quantitative estimate of drug-likeness (QED) is 0.859. The molecule has 2 aromatic rings. The highest BCUT2D eigenvalue weighted by Crippen LogP contribution is 2.09. The average molecular weight is 292 g/mol. The number of nitrogens with zero attached hydrogens (tertiary/aromatic N) is 2. The number of anilines is 1. The van der Waals surface area contributed by atoms with Crippen LogP contribution < -0.4 is 10.5 Å². The Morgan fingerprint density at radius 3 is 2.50 bits per heavy atom. The van der Waals surface area contributed by atoms with Crippen LogP contribution in [-0.4, -0.2) is 24.9 Å². The minimum atomic E-state index is -3.62. The van der Waals surface area contributed by atoms with Crippen molar-refractivity contribution in [2.75, 3.05) is 11.9 Å². The molecule has 0 atom stereocenters. The fourth-order valence-electron chi connectivity index (χ4n) is 1.74. The van der Waals surface area contributed by atoms with Crippen LogP contribution in [0.15, 0.2) is 41.4 Å². The first-order chi connectivity index (χ1) is 9.45. The number of nitrogens with one attached hydrogen (secondary N) is 1. The van der Waals surface area contributed by atoms with Crippen molar-refractivity contribution in [2.45, 2.75) is 18.2 Å². The highest BCUT2D eigenvalue weighted by Gasteiger charge is 2.06. The smallest absolute Gasteiger partial charge is 0.238 e. The molecule has 2 rings (SSSR count). The van der Waals surface area contributed by atoms with E-state index in [0.29, 0.717) is 12.4 Å². The molecule has 0 aliphatic rings. The average Bonchev–Trinajstić information content (AvgIpc) is 2.38. The Balaban J connectivity index is 1.92. The summed E-state index contributed by atoms with van der Waals surface area (Å²) in [5.74, 6) is 1.49. The predicted molar refractivity (Wildman–Crippen MR) is 76.8 cm³/mol. The SMILES string of the molecule is Cc1nccc(NCCc2ccc(S(N)(=O)=O)cc2)n1. The molecule has 3 N–H and O–H groups in total. The molecule has 0 saturated heterocycles. The van der Waals surface area contributed by atoms with Crippen molar-refractivity contribution in [3.63, 3.8) is 0 Å². The molecule has 1 aromatic heterocycles. The highest BCUT2D eigenvalue weighted by molar-refractivity contribution is 7.89. The fourth-order valence-corrected chi connectivity index (χ4v) is 2.25. The van der Waals surface area contributed by atoms with E-state index in [1.807, 2.05) is 6.92 Å². The first-order valence-electron chi connectivity index (χ1n) is 6.10. The summed E-state index contributed by atoms with van der Waals surface area (Å²) in [6.45, 7) is 2.53. The van der Waals surface area contributed by atoms with Crippen LogP contribution >= 0.6 is 0 Å². The van der Waals surface area contributed by atoms with Crippen LogP contribution in [0, 0.1) is 6.92 Å². The lowest BCUT2D eigenvalue weighted by molar-refractivity contribution is 0.598. The molecular formula is C13H16N4O2S. The monoisotopic (exact) mass is 292 g/mol. The summed E-state index contributed by atoms with van der Waals surface area (Å²) in [6.07, 6.45) is 2.46. The first kappa shape index (κ1) is 14.4. The van der Waals surface area contributed by atoms with Crippen LogP contribution in [0.1, 0.15) is 11.4 Å². The van der Waals surface area contributed by atoms with Gasteiger partial charge in [0, 0.05) is 12.7 Å². The Morgan fingerprint density at radius 1 is 1.20 bits per heavy atom. The van der Waals surface area contributed by atoms with E-state index in [9.17, 15) is 8.42 Å². The maximum Gasteiger partial charge on any atom is 0.238 e. The number of sulfonamides is 1. The van der Waals surface area contributed by atoms with Gasteiger partial charge in [-0.2, -0.15) is 0 Å². The van der Waals surface area contributed by atoms with Crippen molar-refractivity contribution in [1.29, 1.82) is 0 Å². The molecular weight excluding hydrogens is 276 g/mol. The molecule has 0 bridgehead atoms. The normalized spacial score (nSPS) is 11.3. The lowest BCUT2D eigenvalue weighted by Crippen LogP contribution is -2.12. The second-order valence-electron chi connectivity index (χ2n) is 4.35. The lowest BCUT2D eigenvalue weighted by atomic mass is 10.1. The number of hydrogen-bond acceptors (Lipinski definition) is 5. The van der Waals surface area contributed by atoms with Crippen LogP contribution in [0.3, 0.4) is 0 Å². The lowest BCUT2D eigenvalue weighted by Gasteiger charge is -2.06. The molecule has 0 amide bonds. The molecule has 1 aromatic carbocycles. The number of aromatic nitrogens is 2. The van der Waals surface area contributed by atoms with Gasteiger partial charge in [0.1, 0.15) is 11.6 Å². The van der Waals surface area contributed by atoms with Gasteiger partial charge in [0.15, 0.2) is 0 Å². The molecule has 1 heterocycles. The minimum Gasteiger partial charge on any atom is -0.370 e. The Kier molecular flexibility index (Phi) is 4.31. The van der Waals surface area contributed by atoms with Crippen molar-refractivity contribution in [2.24, 2.45) is 5.14 Å². The van der Waals surface area contributed by atoms with Gasteiger partial charge in [-0.3, -0.25) is 0 Å². The topological polar surface area (TPSA) is 98.0 Å². The van der Waals surface area contributed by atoms with E-state index in [1.165, 1.54) is 12.1 Å². The Morgan fingerprint density at radius 2 is 1.90 bits per heavy atom. The number of primary sulfonamides is 1. The molecule has 106 valence electrons. The van der Waals surface area contributed by atoms with Gasteiger partial charge in [0.05, 0.1) is 4.90 Å². The van der Waals surface area contributed by atoms with Gasteiger partial charge in [0.2, 0.25) is 10.0 Å². The van der Waals surface area contributed by atoms with Crippen molar-refractivity contribution in [3.8, 4) is 0 Å². The second-order valence-corrected chi connectivity index (χ2v) is 5.92. The van der Waals surface area contributed by atoms with Crippen LogP contribution in [0.4, 0.5) is 5.82 Å². The second kappa shape index (κ2) is 5.98. The Bertz CT molecular complexity index is 684. The molecule has 0 aliphatic carbocycles. The van der Waals surface area contributed by atoms with Crippen LogP contribution in [0.5, 0.6) is 0 Å². The molecule has 20 heavy (non-hydrogen) atoms. The summed E-state index contributed by atoms with van der Waals surface area (Å²) in [6, 6.07) is 8.34. The zero-order valence-electron chi connectivity index (χ0n) is 11.1. The summed E-state index contributed by atoms with van der Waals surface area (Å²) in [4.78, 5) is 8.38. The van der Waals surface area contributed by atoms with Crippen LogP contribution in [0.25, 0.3) is 0 Å². The predicted octanol–water partition coefficient (Wildman–Crippen LogP) is 1.09. The van der Waals surface area contributed by atoms with E-state index in [1.54, 1.807) is 24.4 Å². The van der Waals surface area contributed by atoms with Crippen molar-refractivity contribution >= 4 is 15.8 Å². The van der Waals surface area contributed by atoms with Crippen molar-refractivity contribution in [1.82, 2.24) is 9.97 Å². The largest absolute Gasteiger partial charge is 0.370 e. The van der Waals surface area contributed by atoms with Crippen LogP contribution in [0.2, 0.25) is 0 Å². The van der Waals surface area contributed by atoms with Gasteiger partial charge in [-0.05, 0) is 37.1 Å². The van der Waals surface area contributed by atoms with Gasteiger partial charge in [-0.1, -0.05) is 12.1 Å². The van der Waals surface area contributed by atoms with Crippen LogP contribution in [-0.2, 0) is 16.4 Å². The van der Waals surface area contributed by atoms with Crippen molar-refractivity contribution < 1.29 is 8.42 Å². The summed E-state index contributed by atoms with van der Waals surface area (Å²) < 4.78 is 22.3. The third-order valence-corrected chi connectivity index (χ3v) is 3.68. The van der Waals surface area contributed by atoms with Gasteiger partial charge < -0.3 is 5.32 Å². The van der Waals surface area contributed by atoms with Crippen molar-refractivity contribution in [3.05, 3.63) is 47.9 Å². The molecule has 0 unspecified atom stereocenters. The standard InChI is InChI=1S/C13H16N4O2S/c1-10-15-9-7-13(17-10)16-8-6-11-2-4-12(5-3-11)20(14,18)19/h2-5,7,9H,6,8H2,1H3,(H2,14,18,19)(H,15,16,17). The summed E-state index contributed by atoms with van der Waals surface area (Å²) in [5.41, 5.74) is 1.02. The minimum absolute atomic E-state index is 0.126. The van der Waals surface area contributed by atoms with E-state index in [2.05, 4.69) is 15.3 Å². The molecule has 7 heteroatoms. The molecule has 0 aliphatic heterocycles. The van der Waals surface area contributed by atoms with Gasteiger partial charge in [-0.25, -0.2) is 23.5 Å². The Hall–Kier alpha value is -1.99. The molecule has 6 nitrogen and oxygen atoms in total. The van der Waals surface area contributed by atoms with Gasteiger partial charge >= 0.3 is 0 Å². The van der Waals surface area contributed by atoms with E-state index in [-0.39, 0.29) is 4.90 Å². The summed E-state index contributed by atoms with van der Waals surface area (Å²) in [7, 11) is -3.62. The number of rotatable bonds is 5. The van der Waals surface area contributed by atoms with E-state index in [0.717, 1.165) is 17.8 Å². The van der Waals surface area contributed by atoms with E-state index in [4.69, 9.17) is 5.14 Å². The maximum absolute atomic E-state index is 11.1. The third kappa shape index (κ3) is 4.01. The maximum atomic E-state index is 11.1. The molecule has 0 fully saturated rings. The fraction of sp³-hybridized carbons (Fsp3) is 0.231. The van der Waals surface area contributed by atoms with Gasteiger partial charge in [0.25, 0.3) is 0 Å². The van der Waals surface area contributed by atoms with Gasteiger partial charge in [-0.15, -0.1) is 0 Å². The number of benzene rings is 1. The third-order valence-electron chi connectivity index (χ3n) is 2.75. The zero-order chi connectivity index (χ0) is 14.6. The molecule has 0 spiro atoms. The van der Waals surface area contributed by atoms with E-state index >= 15 is 0 Å². The number of nitrogens with two attached hydrogens (primary N) is 1. The number of hydrogen-bond donors (Lipinski definition) is 2. The number of aryl methyl sites for hydroxylation is 1. The summed E-state index contributed by atoms with van der Waals surface area (Å²) in [5, 5.41) is 8.23.